The zero-order valence-corrected chi connectivity index (χ0v) is 10.7. The van der Waals surface area contributed by atoms with Crippen LogP contribution in [0.3, 0.4) is 0 Å². The third-order valence-electron chi connectivity index (χ3n) is 3.80. The molecule has 15 heavy (non-hydrogen) atoms. The van der Waals surface area contributed by atoms with Crippen molar-refractivity contribution >= 4 is 11.3 Å². The first kappa shape index (κ1) is 11.2. The molecule has 1 fully saturated rings. The predicted octanol–water partition coefficient (Wildman–Crippen LogP) is 3.58. The van der Waals surface area contributed by atoms with Crippen LogP contribution < -0.4 is 5.32 Å². The third-order valence-corrected chi connectivity index (χ3v) is 4.80. The van der Waals surface area contributed by atoms with Crippen LogP contribution in [-0.2, 0) is 6.54 Å². The van der Waals surface area contributed by atoms with E-state index in [1.807, 2.05) is 11.3 Å². The second-order valence-corrected chi connectivity index (χ2v) is 6.29. The Morgan fingerprint density at radius 3 is 2.67 bits per heavy atom. The molecule has 0 aliphatic heterocycles. The Balaban J connectivity index is 1.83. The Morgan fingerprint density at radius 2 is 2.13 bits per heavy atom. The SMILES string of the molecule is Cc1ccc(CNC2CCC(C)C2C)s1. The first-order valence-corrected chi connectivity index (χ1v) is 6.77. The molecule has 1 heterocycles. The molecular formula is C13H21NS. The van der Waals surface area contributed by atoms with Crippen LogP contribution in [-0.4, -0.2) is 6.04 Å². The maximum atomic E-state index is 3.70. The van der Waals surface area contributed by atoms with Gasteiger partial charge in [-0.2, -0.15) is 0 Å². The molecule has 1 nitrogen and oxygen atoms in total. The predicted molar refractivity (Wildman–Crippen MR) is 67.2 cm³/mol. The number of aryl methyl sites for hydroxylation is 1. The van der Waals surface area contributed by atoms with E-state index in [4.69, 9.17) is 0 Å². The van der Waals surface area contributed by atoms with E-state index in [0.717, 1.165) is 24.4 Å². The van der Waals surface area contributed by atoms with Gasteiger partial charge in [-0.3, -0.25) is 0 Å². The maximum absolute atomic E-state index is 3.70. The lowest BCUT2D eigenvalue weighted by molar-refractivity contribution is 0.370. The molecule has 3 unspecified atom stereocenters. The minimum Gasteiger partial charge on any atom is -0.309 e. The van der Waals surface area contributed by atoms with Gasteiger partial charge in [0.1, 0.15) is 0 Å². The van der Waals surface area contributed by atoms with Crippen molar-refractivity contribution in [3.63, 3.8) is 0 Å². The van der Waals surface area contributed by atoms with Crippen molar-refractivity contribution in [2.75, 3.05) is 0 Å². The van der Waals surface area contributed by atoms with Gasteiger partial charge in [0.25, 0.3) is 0 Å². The fraction of sp³-hybridized carbons (Fsp3) is 0.692. The highest BCUT2D eigenvalue weighted by Gasteiger charge is 2.28. The van der Waals surface area contributed by atoms with Gasteiger partial charge in [0.2, 0.25) is 0 Å². The molecule has 0 saturated heterocycles. The van der Waals surface area contributed by atoms with Gasteiger partial charge in [0.05, 0.1) is 0 Å². The zero-order chi connectivity index (χ0) is 10.8. The van der Waals surface area contributed by atoms with Crippen molar-refractivity contribution in [1.82, 2.24) is 5.32 Å². The molecule has 2 heteroatoms. The van der Waals surface area contributed by atoms with E-state index in [0.29, 0.717) is 0 Å². The van der Waals surface area contributed by atoms with Crippen LogP contribution >= 0.6 is 11.3 Å². The van der Waals surface area contributed by atoms with Gasteiger partial charge in [0.15, 0.2) is 0 Å². The monoisotopic (exact) mass is 223 g/mol. The highest BCUT2D eigenvalue weighted by atomic mass is 32.1. The van der Waals surface area contributed by atoms with Crippen molar-refractivity contribution in [3.8, 4) is 0 Å². The van der Waals surface area contributed by atoms with E-state index in [1.54, 1.807) is 0 Å². The molecule has 0 bridgehead atoms. The van der Waals surface area contributed by atoms with E-state index in [1.165, 1.54) is 22.6 Å². The summed E-state index contributed by atoms with van der Waals surface area (Å²) in [5.41, 5.74) is 0. The van der Waals surface area contributed by atoms with Gasteiger partial charge in [-0.15, -0.1) is 11.3 Å². The lowest BCUT2D eigenvalue weighted by Crippen LogP contribution is -2.31. The Labute approximate surface area is 96.9 Å². The molecule has 1 aliphatic carbocycles. The van der Waals surface area contributed by atoms with Crippen molar-refractivity contribution in [2.24, 2.45) is 11.8 Å². The number of rotatable bonds is 3. The molecule has 1 aromatic heterocycles. The summed E-state index contributed by atoms with van der Waals surface area (Å²) in [5.74, 6) is 1.73. The molecule has 1 aliphatic rings. The standard InChI is InChI=1S/C13H21NS/c1-9-4-7-13(11(9)3)14-8-12-6-5-10(2)15-12/h5-6,9,11,13-14H,4,7-8H2,1-3H3. The fourth-order valence-electron chi connectivity index (χ4n) is 2.46. The van der Waals surface area contributed by atoms with Crippen LogP contribution in [0, 0.1) is 18.8 Å². The molecule has 0 spiro atoms. The summed E-state index contributed by atoms with van der Waals surface area (Å²) < 4.78 is 0. The highest BCUT2D eigenvalue weighted by Crippen LogP contribution is 2.31. The Bertz CT molecular complexity index is 318. The van der Waals surface area contributed by atoms with E-state index in [2.05, 4.69) is 38.2 Å². The number of nitrogens with one attached hydrogen (secondary N) is 1. The van der Waals surface area contributed by atoms with Gasteiger partial charge >= 0.3 is 0 Å². The quantitative estimate of drug-likeness (QED) is 0.826. The lowest BCUT2D eigenvalue weighted by atomic mass is 9.98. The maximum Gasteiger partial charge on any atom is 0.0302 e. The topological polar surface area (TPSA) is 12.0 Å². The summed E-state index contributed by atoms with van der Waals surface area (Å²) >= 11 is 1.91. The molecule has 84 valence electrons. The second-order valence-electron chi connectivity index (χ2n) is 4.91. The normalized spacial score (nSPS) is 31.0. The van der Waals surface area contributed by atoms with Crippen molar-refractivity contribution in [2.45, 2.75) is 46.2 Å². The van der Waals surface area contributed by atoms with E-state index in [-0.39, 0.29) is 0 Å². The summed E-state index contributed by atoms with van der Waals surface area (Å²) in [6.45, 7) is 7.99. The second kappa shape index (κ2) is 4.67. The van der Waals surface area contributed by atoms with E-state index >= 15 is 0 Å². The average Bonchev–Trinajstić information content (AvgIpc) is 2.74. The van der Waals surface area contributed by atoms with Crippen LogP contribution in [0.25, 0.3) is 0 Å². The Hall–Kier alpha value is -0.340. The van der Waals surface area contributed by atoms with Gasteiger partial charge in [0, 0.05) is 22.3 Å². The van der Waals surface area contributed by atoms with E-state index in [9.17, 15) is 0 Å². The van der Waals surface area contributed by atoms with Crippen LogP contribution in [0.5, 0.6) is 0 Å². The Morgan fingerprint density at radius 1 is 1.33 bits per heavy atom. The average molecular weight is 223 g/mol. The lowest BCUT2D eigenvalue weighted by Gasteiger charge is -2.19. The van der Waals surface area contributed by atoms with Gasteiger partial charge in [-0.25, -0.2) is 0 Å². The number of thiophene rings is 1. The summed E-state index contributed by atoms with van der Waals surface area (Å²) in [4.78, 5) is 2.89. The molecule has 0 amide bonds. The van der Waals surface area contributed by atoms with Crippen LogP contribution in [0.15, 0.2) is 12.1 Å². The van der Waals surface area contributed by atoms with Gasteiger partial charge < -0.3 is 5.32 Å². The smallest absolute Gasteiger partial charge is 0.0302 e. The largest absolute Gasteiger partial charge is 0.309 e. The van der Waals surface area contributed by atoms with Gasteiger partial charge in [-0.05, 0) is 43.7 Å². The minimum atomic E-state index is 0.738. The minimum absolute atomic E-state index is 0.738. The first-order chi connectivity index (χ1) is 7.16. The molecule has 1 N–H and O–H groups in total. The molecule has 1 aromatic rings. The zero-order valence-electron chi connectivity index (χ0n) is 9.92. The molecule has 1 saturated carbocycles. The van der Waals surface area contributed by atoms with Crippen molar-refractivity contribution in [1.29, 1.82) is 0 Å². The molecule has 3 atom stereocenters. The fourth-order valence-corrected chi connectivity index (χ4v) is 3.31. The van der Waals surface area contributed by atoms with Crippen LogP contribution in [0.2, 0.25) is 0 Å². The summed E-state index contributed by atoms with van der Waals surface area (Å²) in [6.07, 6.45) is 2.75. The molecule has 2 rings (SSSR count). The van der Waals surface area contributed by atoms with Crippen molar-refractivity contribution in [3.05, 3.63) is 21.9 Å². The summed E-state index contributed by atoms with van der Waals surface area (Å²) in [6, 6.07) is 5.20. The summed E-state index contributed by atoms with van der Waals surface area (Å²) in [5, 5.41) is 3.70. The van der Waals surface area contributed by atoms with Crippen LogP contribution in [0.1, 0.15) is 36.4 Å². The molecular weight excluding hydrogens is 202 g/mol. The van der Waals surface area contributed by atoms with Crippen molar-refractivity contribution < 1.29 is 0 Å². The first-order valence-electron chi connectivity index (χ1n) is 5.95. The van der Waals surface area contributed by atoms with E-state index < -0.39 is 0 Å². The molecule has 0 aromatic carbocycles. The number of hydrogen-bond acceptors (Lipinski definition) is 2. The van der Waals surface area contributed by atoms with Gasteiger partial charge in [-0.1, -0.05) is 13.8 Å². The summed E-state index contributed by atoms with van der Waals surface area (Å²) in [7, 11) is 0. The third kappa shape index (κ3) is 2.61. The number of hydrogen-bond donors (Lipinski definition) is 1. The molecule has 0 radical (unpaired) electrons. The highest BCUT2D eigenvalue weighted by molar-refractivity contribution is 7.11. The van der Waals surface area contributed by atoms with Crippen LogP contribution in [0.4, 0.5) is 0 Å². The Kier molecular flexibility index (Phi) is 3.47.